The Hall–Kier alpha value is -2.40. The first-order valence-corrected chi connectivity index (χ1v) is 9.61. The molecule has 0 bridgehead atoms. The van der Waals surface area contributed by atoms with Crippen molar-refractivity contribution in [1.82, 2.24) is 0 Å². The number of carbonyl (C=O) groups is 2. The smallest absolute Gasteiger partial charge is 0.317 e. The van der Waals surface area contributed by atoms with Crippen molar-refractivity contribution >= 4 is 34.3 Å². The van der Waals surface area contributed by atoms with Crippen LogP contribution in [0.4, 0.5) is 5.69 Å². The predicted octanol–water partition coefficient (Wildman–Crippen LogP) is 4.13. The number of thiophene rings is 1. The minimum absolute atomic E-state index is 0.167. The van der Waals surface area contributed by atoms with Gasteiger partial charge in [-0.3, -0.25) is 9.59 Å². The zero-order valence-electron chi connectivity index (χ0n) is 15.3. The number of nitrogens with zero attached hydrogens (tertiary/aromatic N) is 1. The second kappa shape index (κ2) is 7.87. The summed E-state index contributed by atoms with van der Waals surface area (Å²) in [5.41, 5.74) is 3.10. The second-order valence-electron chi connectivity index (χ2n) is 6.57. The first-order chi connectivity index (χ1) is 12.5. The molecule has 1 aliphatic rings. The fourth-order valence-corrected chi connectivity index (χ4v) is 4.19. The summed E-state index contributed by atoms with van der Waals surface area (Å²) in [6.45, 7) is 2.04. The molecular formula is C21H23NO3S. The van der Waals surface area contributed by atoms with Gasteiger partial charge in [-0.05, 0) is 54.1 Å². The summed E-state index contributed by atoms with van der Waals surface area (Å²) in [5, 5.41) is 1.98. The SMILES string of the molecule is CCOC(=O)[C@H]1C(=O)C=C(c2ccc(N(C)C)cc2)C[C@H]1c1cccs1. The lowest BCUT2D eigenvalue weighted by Crippen LogP contribution is -2.33. The maximum atomic E-state index is 12.8. The normalized spacial score (nSPS) is 19.8. The Morgan fingerprint density at radius 2 is 1.96 bits per heavy atom. The maximum absolute atomic E-state index is 12.8. The molecule has 1 aliphatic carbocycles. The molecule has 0 saturated heterocycles. The molecule has 0 amide bonds. The molecule has 2 atom stereocenters. The molecule has 0 aliphatic heterocycles. The molecule has 4 nitrogen and oxygen atoms in total. The third-order valence-corrected chi connectivity index (χ3v) is 5.67. The minimum atomic E-state index is -0.751. The number of esters is 1. The van der Waals surface area contributed by atoms with Crippen molar-refractivity contribution in [3.63, 3.8) is 0 Å². The largest absolute Gasteiger partial charge is 0.465 e. The van der Waals surface area contributed by atoms with Gasteiger partial charge in [0.15, 0.2) is 5.78 Å². The number of hydrogen-bond acceptors (Lipinski definition) is 5. The van der Waals surface area contributed by atoms with Crippen molar-refractivity contribution in [2.75, 3.05) is 25.6 Å². The van der Waals surface area contributed by atoms with Crippen molar-refractivity contribution in [3.05, 3.63) is 58.3 Å². The Morgan fingerprint density at radius 3 is 2.54 bits per heavy atom. The lowest BCUT2D eigenvalue weighted by Gasteiger charge is -2.28. The number of rotatable bonds is 5. The average molecular weight is 369 g/mol. The third-order valence-electron chi connectivity index (χ3n) is 4.67. The molecular weight excluding hydrogens is 346 g/mol. The van der Waals surface area contributed by atoms with E-state index in [-0.39, 0.29) is 18.3 Å². The van der Waals surface area contributed by atoms with Crippen LogP contribution in [0.25, 0.3) is 5.57 Å². The zero-order chi connectivity index (χ0) is 18.7. The molecule has 5 heteroatoms. The van der Waals surface area contributed by atoms with Gasteiger partial charge in [0.05, 0.1) is 6.61 Å². The first-order valence-electron chi connectivity index (χ1n) is 8.73. The fourth-order valence-electron chi connectivity index (χ4n) is 3.33. The van der Waals surface area contributed by atoms with Crippen molar-refractivity contribution in [1.29, 1.82) is 0 Å². The number of allylic oxidation sites excluding steroid dienone is 2. The van der Waals surface area contributed by atoms with Crippen LogP contribution in [-0.4, -0.2) is 32.5 Å². The standard InChI is InChI=1S/C21H23NO3S/c1-4-25-21(24)20-17(19-6-5-11-26-19)12-15(13-18(20)23)14-7-9-16(10-8-14)22(2)3/h5-11,13,17,20H,4,12H2,1-3H3/t17-,20+/m0/s1. The number of ether oxygens (including phenoxy) is 1. The van der Waals surface area contributed by atoms with Gasteiger partial charge >= 0.3 is 5.97 Å². The maximum Gasteiger partial charge on any atom is 0.317 e. The molecule has 1 aromatic carbocycles. The lowest BCUT2D eigenvalue weighted by molar-refractivity contribution is -0.151. The molecule has 0 radical (unpaired) electrons. The number of hydrogen-bond donors (Lipinski definition) is 0. The Balaban J connectivity index is 1.95. The van der Waals surface area contributed by atoms with Gasteiger partial charge in [0.25, 0.3) is 0 Å². The van der Waals surface area contributed by atoms with Crippen LogP contribution >= 0.6 is 11.3 Å². The van der Waals surface area contributed by atoms with Crippen LogP contribution < -0.4 is 4.90 Å². The fraction of sp³-hybridized carbons (Fsp3) is 0.333. The highest BCUT2D eigenvalue weighted by Crippen LogP contribution is 2.42. The molecule has 1 aromatic heterocycles. The zero-order valence-corrected chi connectivity index (χ0v) is 16.1. The van der Waals surface area contributed by atoms with E-state index >= 15 is 0 Å². The topological polar surface area (TPSA) is 46.6 Å². The number of ketones is 1. The average Bonchev–Trinajstić information content (AvgIpc) is 3.15. The van der Waals surface area contributed by atoms with E-state index in [0.29, 0.717) is 6.42 Å². The van der Waals surface area contributed by atoms with E-state index in [2.05, 4.69) is 0 Å². The Kier molecular flexibility index (Phi) is 5.57. The Bertz CT molecular complexity index is 806. The molecule has 136 valence electrons. The Labute approximate surface area is 158 Å². The molecule has 0 unspecified atom stereocenters. The van der Waals surface area contributed by atoms with Crippen LogP contribution in [0, 0.1) is 5.92 Å². The van der Waals surface area contributed by atoms with E-state index in [1.165, 1.54) is 0 Å². The summed E-state index contributed by atoms with van der Waals surface area (Å²) in [6, 6.07) is 12.1. The van der Waals surface area contributed by atoms with Crippen LogP contribution in [0.5, 0.6) is 0 Å². The highest BCUT2D eigenvalue weighted by molar-refractivity contribution is 7.10. The highest BCUT2D eigenvalue weighted by Gasteiger charge is 2.40. The second-order valence-corrected chi connectivity index (χ2v) is 7.55. The summed E-state index contributed by atoms with van der Waals surface area (Å²) in [6.07, 6.45) is 2.27. The summed E-state index contributed by atoms with van der Waals surface area (Å²) in [4.78, 5) is 28.3. The third kappa shape index (κ3) is 3.73. The van der Waals surface area contributed by atoms with E-state index in [4.69, 9.17) is 4.74 Å². The van der Waals surface area contributed by atoms with Gasteiger partial charge in [0.1, 0.15) is 5.92 Å². The number of anilines is 1. The van der Waals surface area contributed by atoms with Gasteiger partial charge in [-0.15, -0.1) is 11.3 Å². The molecule has 3 rings (SSSR count). The molecule has 26 heavy (non-hydrogen) atoms. The molecule has 1 heterocycles. The predicted molar refractivity (Wildman–Crippen MR) is 106 cm³/mol. The van der Waals surface area contributed by atoms with Crippen molar-refractivity contribution in [2.45, 2.75) is 19.3 Å². The monoisotopic (exact) mass is 369 g/mol. The Morgan fingerprint density at radius 1 is 1.23 bits per heavy atom. The van der Waals surface area contributed by atoms with E-state index in [0.717, 1.165) is 21.7 Å². The minimum Gasteiger partial charge on any atom is -0.465 e. The number of benzene rings is 1. The molecule has 0 N–H and O–H groups in total. The van der Waals surface area contributed by atoms with Gasteiger partial charge in [-0.25, -0.2) is 0 Å². The summed E-state index contributed by atoms with van der Waals surface area (Å²) < 4.78 is 5.17. The van der Waals surface area contributed by atoms with Crippen molar-refractivity contribution in [3.8, 4) is 0 Å². The quantitative estimate of drug-likeness (QED) is 0.587. The summed E-state index contributed by atoms with van der Waals surface area (Å²) >= 11 is 1.58. The van der Waals surface area contributed by atoms with Crippen LogP contribution in [0.1, 0.15) is 29.7 Å². The molecule has 0 saturated carbocycles. The van der Waals surface area contributed by atoms with Gasteiger partial charge in [-0.2, -0.15) is 0 Å². The summed E-state index contributed by atoms with van der Waals surface area (Å²) in [7, 11) is 3.99. The highest BCUT2D eigenvalue weighted by atomic mass is 32.1. The van der Waals surface area contributed by atoms with Gasteiger partial charge < -0.3 is 9.64 Å². The summed E-state index contributed by atoms with van der Waals surface area (Å²) in [5.74, 6) is -1.51. The van der Waals surface area contributed by atoms with Crippen LogP contribution in [0.3, 0.4) is 0 Å². The number of carbonyl (C=O) groups excluding carboxylic acids is 2. The van der Waals surface area contributed by atoms with Crippen LogP contribution in [0.15, 0.2) is 47.9 Å². The lowest BCUT2D eigenvalue weighted by atomic mass is 9.76. The molecule has 2 aromatic rings. The van der Waals surface area contributed by atoms with Crippen LogP contribution in [0.2, 0.25) is 0 Å². The molecule has 0 fully saturated rings. The van der Waals surface area contributed by atoms with E-state index < -0.39 is 11.9 Å². The van der Waals surface area contributed by atoms with Gasteiger partial charge in [0.2, 0.25) is 0 Å². The van der Waals surface area contributed by atoms with Gasteiger partial charge in [-0.1, -0.05) is 18.2 Å². The molecule has 0 spiro atoms. The van der Waals surface area contributed by atoms with E-state index in [9.17, 15) is 9.59 Å². The first kappa shape index (κ1) is 18.4. The van der Waals surface area contributed by atoms with E-state index in [1.54, 1.807) is 24.3 Å². The van der Waals surface area contributed by atoms with Gasteiger partial charge in [0, 0.05) is 30.6 Å². The van der Waals surface area contributed by atoms with E-state index in [1.807, 2.05) is 60.8 Å². The van der Waals surface area contributed by atoms with Crippen molar-refractivity contribution < 1.29 is 14.3 Å². The van der Waals surface area contributed by atoms with Crippen LogP contribution in [-0.2, 0) is 14.3 Å². The van der Waals surface area contributed by atoms with Crippen molar-refractivity contribution in [2.24, 2.45) is 5.92 Å².